The van der Waals surface area contributed by atoms with Crippen LogP contribution in [-0.2, 0) is 0 Å². The van der Waals surface area contributed by atoms with E-state index in [-0.39, 0.29) is 0 Å². The molecule has 2 saturated heterocycles. The molecule has 0 aromatic heterocycles. The second-order valence-electron chi connectivity index (χ2n) is 7.27. The molecule has 3 rings (SSSR count). The lowest BCUT2D eigenvalue weighted by Crippen LogP contribution is -2.41. The Labute approximate surface area is 118 Å². The average Bonchev–Trinajstić information content (AvgIpc) is 2.97. The molecule has 110 valence electrons. The van der Waals surface area contributed by atoms with Crippen LogP contribution in [0.4, 0.5) is 0 Å². The van der Waals surface area contributed by atoms with Gasteiger partial charge >= 0.3 is 0 Å². The van der Waals surface area contributed by atoms with Crippen LogP contribution < -0.4 is 5.73 Å². The Kier molecular flexibility index (Phi) is 4.45. The summed E-state index contributed by atoms with van der Waals surface area (Å²) >= 11 is 0. The van der Waals surface area contributed by atoms with Crippen molar-refractivity contribution in [3.8, 4) is 0 Å². The van der Waals surface area contributed by atoms with Gasteiger partial charge < -0.3 is 15.5 Å². The van der Waals surface area contributed by atoms with Crippen molar-refractivity contribution in [2.45, 2.75) is 44.9 Å². The van der Waals surface area contributed by atoms with Gasteiger partial charge in [-0.2, -0.15) is 0 Å². The maximum atomic E-state index is 5.75. The van der Waals surface area contributed by atoms with Gasteiger partial charge in [-0.25, -0.2) is 0 Å². The van der Waals surface area contributed by atoms with Crippen molar-refractivity contribution in [3.05, 3.63) is 0 Å². The normalized spacial score (nSPS) is 28.9. The standard InChI is InChI=1S/C16H31N3/c17-8-7-16(5-6-16)14-19-11-3-15(4-12-19)13-18-9-1-2-10-18/h15H,1-14,17H2. The average molecular weight is 265 g/mol. The van der Waals surface area contributed by atoms with Crippen LogP contribution in [0.1, 0.15) is 44.9 Å². The van der Waals surface area contributed by atoms with E-state index in [9.17, 15) is 0 Å². The Morgan fingerprint density at radius 2 is 1.63 bits per heavy atom. The first kappa shape index (κ1) is 13.8. The molecule has 0 spiro atoms. The lowest BCUT2D eigenvalue weighted by molar-refractivity contribution is 0.131. The Morgan fingerprint density at radius 3 is 2.21 bits per heavy atom. The van der Waals surface area contributed by atoms with Gasteiger partial charge in [0.05, 0.1) is 0 Å². The van der Waals surface area contributed by atoms with Gasteiger partial charge in [-0.05, 0) is 89.0 Å². The Morgan fingerprint density at radius 1 is 0.947 bits per heavy atom. The fraction of sp³-hybridized carbons (Fsp3) is 1.00. The van der Waals surface area contributed by atoms with E-state index in [0.29, 0.717) is 5.41 Å². The molecule has 1 aliphatic carbocycles. The lowest BCUT2D eigenvalue weighted by atomic mass is 9.94. The van der Waals surface area contributed by atoms with Crippen molar-refractivity contribution in [1.82, 2.24) is 9.80 Å². The third-order valence-corrected chi connectivity index (χ3v) is 5.61. The summed E-state index contributed by atoms with van der Waals surface area (Å²) in [6.07, 6.45) is 9.82. The quantitative estimate of drug-likeness (QED) is 0.796. The predicted molar refractivity (Wildman–Crippen MR) is 80.2 cm³/mol. The molecule has 0 bridgehead atoms. The molecule has 0 aromatic carbocycles. The first-order valence-corrected chi connectivity index (χ1v) is 8.44. The Hall–Kier alpha value is -0.120. The topological polar surface area (TPSA) is 32.5 Å². The molecular weight excluding hydrogens is 234 g/mol. The van der Waals surface area contributed by atoms with Crippen molar-refractivity contribution in [2.24, 2.45) is 17.1 Å². The Bertz CT molecular complexity index is 274. The molecular formula is C16H31N3. The second-order valence-corrected chi connectivity index (χ2v) is 7.27. The number of hydrogen-bond donors (Lipinski definition) is 1. The van der Waals surface area contributed by atoms with Crippen LogP contribution in [-0.4, -0.2) is 55.6 Å². The van der Waals surface area contributed by atoms with Gasteiger partial charge in [0.1, 0.15) is 0 Å². The smallest absolute Gasteiger partial charge is 0.00385 e. The fourth-order valence-electron chi connectivity index (χ4n) is 4.10. The van der Waals surface area contributed by atoms with E-state index < -0.39 is 0 Å². The summed E-state index contributed by atoms with van der Waals surface area (Å²) in [6, 6.07) is 0. The van der Waals surface area contributed by atoms with Gasteiger partial charge in [0, 0.05) is 13.1 Å². The maximum Gasteiger partial charge on any atom is 0.00385 e. The van der Waals surface area contributed by atoms with E-state index in [2.05, 4.69) is 9.80 Å². The van der Waals surface area contributed by atoms with Crippen LogP contribution >= 0.6 is 0 Å². The van der Waals surface area contributed by atoms with Crippen LogP contribution in [0.3, 0.4) is 0 Å². The molecule has 0 amide bonds. The Balaban J connectivity index is 1.37. The van der Waals surface area contributed by atoms with E-state index in [1.54, 1.807) is 0 Å². The van der Waals surface area contributed by atoms with E-state index in [0.717, 1.165) is 12.5 Å². The first-order valence-electron chi connectivity index (χ1n) is 8.44. The summed E-state index contributed by atoms with van der Waals surface area (Å²) < 4.78 is 0. The van der Waals surface area contributed by atoms with E-state index in [4.69, 9.17) is 5.73 Å². The number of nitrogens with two attached hydrogens (primary N) is 1. The van der Waals surface area contributed by atoms with Crippen molar-refractivity contribution in [1.29, 1.82) is 0 Å². The van der Waals surface area contributed by atoms with Crippen molar-refractivity contribution < 1.29 is 0 Å². The molecule has 2 N–H and O–H groups in total. The zero-order chi connectivity index (χ0) is 13.1. The summed E-state index contributed by atoms with van der Waals surface area (Å²) in [6.45, 7) is 8.99. The maximum absolute atomic E-state index is 5.75. The third kappa shape index (κ3) is 3.71. The third-order valence-electron chi connectivity index (χ3n) is 5.61. The van der Waals surface area contributed by atoms with Gasteiger partial charge in [0.15, 0.2) is 0 Å². The predicted octanol–water partition coefficient (Wildman–Crippen LogP) is 1.92. The van der Waals surface area contributed by atoms with Gasteiger partial charge in [0.2, 0.25) is 0 Å². The highest BCUT2D eigenvalue weighted by Crippen LogP contribution is 2.49. The van der Waals surface area contributed by atoms with Gasteiger partial charge in [-0.15, -0.1) is 0 Å². The minimum atomic E-state index is 0.635. The monoisotopic (exact) mass is 265 g/mol. The van der Waals surface area contributed by atoms with Crippen molar-refractivity contribution in [2.75, 3.05) is 45.8 Å². The molecule has 0 atom stereocenters. The molecule has 3 fully saturated rings. The molecule has 3 aliphatic rings. The molecule has 3 nitrogen and oxygen atoms in total. The van der Waals surface area contributed by atoms with E-state index in [1.807, 2.05) is 0 Å². The van der Waals surface area contributed by atoms with Crippen molar-refractivity contribution >= 4 is 0 Å². The van der Waals surface area contributed by atoms with Crippen LogP contribution in [0.15, 0.2) is 0 Å². The fourth-order valence-corrected chi connectivity index (χ4v) is 4.10. The molecule has 2 heterocycles. The number of nitrogens with zero attached hydrogens (tertiary/aromatic N) is 2. The summed E-state index contributed by atoms with van der Waals surface area (Å²) in [5.74, 6) is 0.971. The highest BCUT2D eigenvalue weighted by molar-refractivity contribution is 4.96. The highest BCUT2D eigenvalue weighted by atomic mass is 15.2. The summed E-state index contributed by atoms with van der Waals surface area (Å²) in [5.41, 5.74) is 6.38. The zero-order valence-corrected chi connectivity index (χ0v) is 12.4. The molecule has 0 radical (unpaired) electrons. The van der Waals surface area contributed by atoms with Gasteiger partial charge in [0.25, 0.3) is 0 Å². The summed E-state index contributed by atoms with van der Waals surface area (Å²) in [4.78, 5) is 5.42. The minimum absolute atomic E-state index is 0.635. The highest BCUT2D eigenvalue weighted by Gasteiger charge is 2.43. The van der Waals surface area contributed by atoms with E-state index >= 15 is 0 Å². The number of piperidine rings is 1. The molecule has 3 heteroatoms. The van der Waals surface area contributed by atoms with E-state index in [1.165, 1.54) is 84.2 Å². The van der Waals surface area contributed by atoms with Crippen LogP contribution in [0.5, 0.6) is 0 Å². The molecule has 0 aromatic rings. The number of hydrogen-bond acceptors (Lipinski definition) is 3. The molecule has 19 heavy (non-hydrogen) atoms. The van der Waals surface area contributed by atoms with Crippen LogP contribution in [0, 0.1) is 11.3 Å². The van der Waals surface area contributed by atoms with Crippen molar-refractivity contribution in [3.63, 3.8) is 0 Å². The van der Waals surface area contributed by atoms with Crippen LogP contribution in [0.25, 0.3) is 0 Å². The molecule has 1 saturated carbocycles. The number of likely N-dealkylation sites (tertiary alicyclic amines) is 2. The lowest BCUT2D eigenvalue weighted by Gasteiger charge is -2.35. The minimum Gasteiger partial charge on any atom is -0.330 e. The molecule has 2 aliphatic heterocycles. The zero-order valence-electron chi connectivity index (χ0n) is 12.4. The molecule has 0 unspecified atom stereocenters. The van der Waals surface area contributed by atoms with Gasteiger partial charge in [-0.3, -0.25) is 0 Å². The summed E-state index contributed by atoms with van der Waals surface area (Å²) in [5, 5.41) is 0. The second kappa shape index (κ2) is 6.11. The first-order chi connectivity index (χ1) is 9.30. The largest absolute Gasteiger partial charge is 0.330 e. The number of rotatable bonds is 6. The summed E-state index contributed by atoms with van der Waals surface area (Å²) in [7, 11) is 0. The van der Waals surface area contributed by atoms with Gasteiger partial charge in [-0.1, -0.05) is 0 Å². The van der Waals surface area contributed by atoms with Crippen LogP contribution in [0.2, 0.25) is 0 Å². The SMILES string of the molecule is NCCC1(CN2CCC(CN3CCCC3)CC2)CC1.